The number of hydrogen-bond acceptors (Lipinski definition) is 6. The van der Waals surface area contributed by atoms with Crippen LogP contribution in [0.2, 0.25) is 0 Å². The summed E-state index contributed by atoms with van der Waals surface area (Å²) in [5, 5.41) is 13.0. The van der Waals surface area contributed by atoms with Gasteiger partial charge in [-0.05, 0) is 54.5 Å². The van der Waals surface area contributed by atoms with E-state index in [9.17, 15) is 17.2 Å². The van der Waals surface area contributed by atoms with Crippen molar-refractivity contribution >= 4 is 21.1 Å². The average molecular weight is 431 g/mol. The fourth-order valence-corrected chi connectivity index (χ4v) is 5.40. The highest BCUT2D eigenvalue weighted by Crippen LogP contribution is 2.37. The molecule has 1 unspecified atom stereocenters. The van der Waals surface area contributed by atoms with Crippen LogP contribution in [0.4, 0.5) is 8.78 Å². The summed E-state index contributed by atoms with van der Waals surface area (Å²) in [4.78, 5) is 7.38. The molecule has 9 nitrogen and oxygen atoms in total. The van der Waals surface area contributed by atoms with E-state index < -0.39 is 27.7 Å². The second kappa shape index (κ2) is 6.92. The van der Waals surface area contributed by atoms with E-state index in [0.29, 0.717) is 29.7 Å². The molecule has 0 aliphatic carbocycles. The number of aromatic amines is 2. The summed E-state index contributed by atoms with van der Waals surface area (Å²) in [5.74, 6) is -0.666. The number of halogens is 2. The first-order chi connectivity index (χ1) is 14.4. The van der Waals surface area contributed by atoms with Crippen LogP contribution in [-0.4, -0.2) is 49.9 Å². The lowest BCUT2D eigenvalue weighted by Gasteiger charge is -2.22. The van der Waals surface area contributed by atoms with Crippen molar-refractivity contribution in [3.8, 4) is 11.4 Å². The van der Waals surface area contributed by atoms with Crippen LogP contribution < -0.4 is 0 Å². The van der Waals surface area contributed by atoms with E-state index in [1.807, 2.05) is 0 Å². The summed E-state index contributed by atoms with van der Waals surface area (Å²) >= 11 is 0. The predicted molar refractivity (Wildman–Crippen MR) is 101 cm³/mol. The van der Waals surface area contributed by atoms with Gasteiger partial charge in [0.2, 0.25) is 15.8 Å². The van der Waals surface area contributed by atoms with E-state index in [-0.39, 0.29) is 22.8 Å². The number of H-pyrrole nitrogens is 2. The first-order valence-corrected chi connectivity index (χ1v) is 10.6. The summed E-state index contributed by atoms with van der Waals surface area (Å²) in [5.41, 5.74) is 0.979. The van der Waals surface area contributed by atoms with E-state index in [2.05, 4.69) is 30.6 Å². The summed E-state index contributed by atoms with van der Waals surface area (Å²) in [6.45, 7) is 0.285. The van der Waals surface area contributed by atoms with Crippen molar-refractivity contribution in [2.24, 2.45) is 0 Å². The molecule has 1 atom stereocenters. The highest BCUT2D eigenvalue weighted by atomic mass is 32.2. The molecule has 0 radical (unpaired) electrons. The first-order valence-electron chi connectivity index (χ1n) is 9.14. The Kier molecular flexibility index (Phi) is 4.33. The molecule has 1 fully saturated rings. The molecule has 2 aromatic heterocycles. The van der Waals surface area contributed by atoms with Crippen molar-refractivity contribution in [2.75, 3.05) is 6.54 Å². The predicted octanol–water partition coefficient (Wildman–Crippen LogP) is 2.55. The van der Waals surface area contributed by atoms with E-state index in [4.69, 9.17) is 0 Å². The third-order valence-corrected chi connectivity index (χ3v) is 7.02. The van der Waals surface area contributed by atoms with Gasteiger partial charge in [-0.3, -0.25) is 0 Å². The third kappa shape index (κ3) is 3.04. The Morgan fingerprint density at radius 1 is 1.13 bits per heavy atom. The normalized spacial score (nSPS) is 17.7. The van der Waals surface area contributed by atoms with Crippen molar-refractivity contribution < 1.29 is 17.2 Å². The fourth-order valence-electron chi connectivity index (χ4n) is 3.71. The number of benzene rings is 2. The molecule has 0 saturated carbocycles. The third-order valence-electron chi connectivity index (χ3n) is 5.11. The standard InChI is InChI=1S/C18H15F2N7O2S/c19-10-3-6-14-15(8-10)22-18(21-14)16-2-1-7-27(16)30(28,29)11-4-5-13(20)12(9-11)17-23-25-26-24-17/h3-6,8-9,16H,1-2,7H2,(H,21,22)(H,23,24,25,26). The molecule has 0 bridgehead atoms. The minimum Gasteiger partial charge on any atom is -0.341 e. The Morgan fingerprint density at radius 3 is 2.80 bits per heavy atom. The van der Waals surface area contributed by atoms with Gasteiger partial charge in [-0.2, -0.15) is 9.52 Å². The van der Waals surface area contributed by atoms with Crippen molar-refractivity contribution in [3.05, 3.63) is 53.9 Å². The highest BCUT2D eigenvalue weighted by molar-refractivity contribution is 7.89. The van der Waals surface area contributed by atoms with E-state index in [0.717, 1.165) is 6.07 Å². The molecule has 30 heavy (non-hydrogen) atoms. The Labute approximate surface area is 169 Å². The summed E-state index contributed by atoms with van der Waals surface area (Å²) in [7, 11) is -3.97. The molecular weight excluding hydrogens is 416 g/mol. The number of nitrogens with one attached hydrogen (secondary N) is 2. The zero-order chi connectivity index (χ0) is 20.9. The number of rotatable bonds is 4. The number of hydrogen-bond donors (Lipinski definition) is 2. The van der Waals surface area contributed by atoms with Gasteiger partial charge >= 0.3 is 0 Å². The van der Waals surface area contributed by atoms with Crippen molar-refractivity contribution in [2.45, 2.75) is 23.8 Å². The van der Waals surface area contributed by atoms with E-state index in [1.54, 1.807) is 0 Å². The summed E-state index contributed by atoms with van der Waals surface area (Å²) < 4.78 is 55.8. The highest BCUT2D eigenvalue weighted by Gasteiger charge is 2.38. The van der Waals surface area contributed by atoms with Crippen LogP contribution in [-0.2, 0) is 10.0 Å². The minimum absolute atomic E-state index is 0.0400. The number of aromatic nitrogens is 6. The lowest BCUT2D eigenvalue weighted by molar-refractivity contribution is 0.385. The van der Waals surface area contributed by atoms with Crippen molar-refractivity contribution in [1.29, 1.82) is 0 Å². The molecule has 154 valence electrons. The molecule has 4 aromatic rings. The van der Waals surface area contributed by atoms with Gasteiger partial charge in [0.25, 0.3) is 0 Å². The Bertz CT molecular complexity index is 1340. The van der Waals surface area contributed by atoms with Gasteiger partial charge < -0.3 is 4.98 Å². The number of tetrazole rings is 1. The first kappa shape index (κ1) is 18.8. The molecule has 2 N–H and O–H groups in total. The lowest BCUT2D eigenvalue weighted by Crippen LogP contribution is -2.31. The average Bonchev–Trinajstić information content (AvgIpc) is 3.47. The van der Waals surface area contributed by atoms with Crippen LogP contribution >= 0.6 is 0 Å². The van der Waals surface area contributed by atoms with Crippen LogP contribution in [0, 0.1) is 11.6 Å². The van der Waals surface area contributed by atoms with Gasteiger partial charge in [0.05, 0.1) is 27.5 Å². The van der Waals surface area contributed by atoms with E-state index >= 15 is 0 Å². The largest absolute Gasteiger partial charge is 0.341 e. The maximum Gasteiger partial charge on any atom is 0.243 e. The maximum absolute atomic E-state index is 14.2. The van der Waals surface area contributed by atoms with Crippen LogP contribution in [0.25, 0.3) is 22.4 Å². The maximum atomic E-state index is 14.2. The zero-order valence-electron chi connectivity index (χ0n) is 15.4. The molecule has 1 saturated heterocycles. The van der Waals surface area contributed by atoms with Gasteiger partial charge in [0, 0.05) is 6.54 Å². The number of nitrogens with zero attached hydrogens (tertiary/aromatic N) is 5. The summed E-state index contributed by atoms with van der Waals surface area (Å²) in [6.07, 6.45) is 1.19. The van der Waals surface area contributed by atoms with Crippen LogP contribution in [0.5, 0.6) is 0 Å². The molecular formula is C18H15F2N7O2S. The summed E-state index contributed by atoms with van der Waals surface area (Å²) in [6, 6.07) is 7.08. The Balaban J connectivity index is 1.54. The fraction of sp³-hybridized carbons (Fsp3) is 0.222. The number of sulfonamides is 1. The monoisotopic (exact) mass is 431 g/mol. The molecule has 2 aromatic carbocycles. The Morgan fingerprint density at radius 2 is 2.00 bits per heavy atom. The number of imidazole rings is 1. The second-order valence-electron chi connectivity index (χ2n) is 6.93. The van der Waals surface area contributed by atoms with E-state index in [1.165, 1.54) is 34.6 Å². The van der Waals surface area contributed by atoms with Crippen LogP contribution in [0.15, 0.2) is 41.3 Å². The molecule has 1 aliphatic heterocycles. The molecule has 5 rings (SSSR count). The van der Waals surface area contributed by atoms with Crippen molar-refractivity contribution in [3.63, 3.8) is 0 Å². The van der Waals surface area contributed by atoms with Crippen LogP contribution in [0.3, 0.4) is 0 Å². The zero-order valence-corrected chi connectivity index (χ0v) is 16.2. The SMILES string of the molecule is O=S(=O)(c1ccc(F)c(-c2nn[nH]n2)c1)N1CCCC1c1nc2ccc(F)cc2[nH]1. The van der Waals surface area contributed by atoms with Gasteiger partial charge in [-0.15, -0.1) is 10.2 Å². The van der Waals surface area contributed by atoms with Gasteiger partial charge in [0.15, 0.2) is 0 Å². The van der Waals surface area contributed by atoms with Crippen molar-refractivity contribution in [1.82, 2.24) is 34.9 Å². The molecule has 1 aliphatic rings. The minimum atomic E-state index is -3.97. The van der Waals surface area contributed by atoms with Gasteiger partial charge in [-0.25, -0.2) is 22.2 Å². The molecule has 3 heterocycles. The lowest BCUT2D eigenvalue weighted by atomic mass is 10.2. The number of fused-ring (bicyclic) bond motifs is 1. The molecule has 12 heteroatoms. The molecule has 0 amide bonds. The Hall–Kier alpha value is -3.25. The quantitative estimate of drug-likeness (QED) is 0.512. The second-order valence-corrected chi connectivity index (χ2v) is 8.82. The van der Waals surface area contributed by atoms with Gasteiger partial charge in [-0.1, -0.05) is 0 Å². The van der Waals surface area contributed by atoms with Gasteiger partial charge in [0.1, 0.15) is 17.5 Å². The molecule has 0 spiro atoms. The topological polar surface area (TPSA) is 121 Å². The van der Waals surface area contributed by atoms with Crippen LogP contribution in [0.1, 0.15) is 24.7 Å². The smallest absolute Gasteiger partial charge is 0.243 e.